The molecule has 1 atom stereocenters. The zero-order chi connectivity index (χ0) is 27.5. The standard InChI is InChI=1S/C26H30N4O5S3/c1-36-25(27)22-9-5-6-19(16-22)17-24(26(31)29-12-14-30(15-13-29)37(2,32)33)28-38(34,35)23-11-10-20-7-3-4-8-21(20)18-23/h3-11,16,18,24,27-28H,12-15,17H2,1-2H3/t24-/m1/s1. The third-order valence-electron chi connectivity index (χ3n) is 6.48. The minimum absolute atomic E-state index is 0.0498. The van der Waals surface area contributed by atoms with Crippen molar-refractivity contribution in [1.29, 1.82) is 5.41 Å². The molecule has 0 radical (unpaired) electrons. The molecule has 1 aliphatic heterocycles. The third-order valence-corrected chi connectivity index (χ3v) is 9.90. The minimum Gasteiger partial charge on any atom is -0.339 e. The average Bonchev–Trinajstić information content (AvgIpc) is 2.91. The molecule has 4 rings (SSSR count). The van der Waals surface area contributed by atoms with Crippen LogP contribution in [0.3, 0.4) is 0 Å². The van der Waals surface area contributed by atoms with E-state index in [1.165, 1.54) is 27.0 Å². The summed E-state index contributed by atoms with van der Waals surface area (Å²) < 4.78 is 54.6. The Bertz CT molecular complexity index is 1570. The van der Waals surface area contributed by atoms with Crippen molar-refractivity contribution in [2.75, 3.05) is 38.7 Å². The number of hydrogen-bond acceptors (Lipinski definition) is 7. The van der Waals surface area contributed by atoms with E-state index in [9.17, 15) is 21.6 Å². The first-order valence-electron chi connectivity index (χ1n) is 11.9. The van der Waals surface area contributed by atoms with Crippen LogP contribution in [0.1, 0.15) is 11.1 Å². The highest BCUT2D eigenvalue weighted by atomic mass is 32.2. The number of nitrogens with zero attached hydrogens (tertiary/aromatic N) is 2. The molecule has 0 spiro atoms. The maximum Gasteiger partial charge on any atom is 0.241 e. The molecule has 1 amide bonds. The Balaban J connectivity index is 1.62. The number of thioether (sulfide) groups is 1. The van der Waals surface area contributed by atoms with Crippen molar-refractivity contribution in [2.45, 2.75) is 17.4 Å². The van der Waals surface area contributed by atoms with Crippen molar-refractivity contribution in [3.05, 3.63) is 77.9 Å². The van der Waals surface area contributed by atoms with Gasteiger partial charge >= 0.3 is 0 Å². The zero-order valence-electron chi connectivity index (χ0n) is 21.1. The minimum atomic E-state index is -4.07. The molecule has 0 aliphatic carbocycles. The van der Waals surface area contributed by atoms with Crippen LogP contribution in [0.2, 0.25) is 0 Å². The van der Waals surface area contributed by atoms with Crippen molar-refractivity contribution < 1.29 is 21.6 Å². The van der Waals surface area contributed by atoms with Gasteiger partial charge in [-0.3, -0.25) is 10.2 Å². The van der Waals surface area contributed by atoms with Crippen molar-refractivity contribution in [1.82, 2.24) is 13.9 Å². The maximum atomic E-state index is 13.6. The van der Waals surface area contributed by atoms with Crippen LogP contribution in [0, 0.1) is 5.41 Å². The van der Waals surface area contributed by atoms with E-state index in [0.29, 0.717) is 16.2 Å². The Morgan fingerprint density at radius 3 is 2.29 bits per heavy atom. The Morgan fingerprint density at radius 1 is 0.947 bits per heavy atom. The summed E-state index contributed by atoms with van der Waals surface area (Å²) in [5.41, 5.74) is 1.39. The summed E-state index contributed by atoms with van der Waals surface area (Å²) >= 11 is 1.29. The maximum absolute atomic E-state index is 13.6. The highest BCUT2D eigenvalue weighted by Gasteiger charge is 2.33. The van der Waals surface area contributed by atoms with Gasteiger partial charge < -0.3 is 4.90 Å². The normalized spacial score (nSPS) is 15.9. The quantitative estimate of drug-likeness (QED) is 0.314. The van der Waals surface area contributed by atoms with Crippen LogP contribution >= 0.6 is 11.8 Å². The molecular formula is C26H30N4O5S3. The van der Waals surface area contributed by atoms with E-state index >= 15 is 0 Å². The number of benzene rings is 3. The van der Waals surface area contributed by atoms with Crippen LogP contribution in [-0.2, 0) is 31.3 Å². The summed E-state index contributed by atoms with van der Waals surface area (Å²) in [5, 5.41) is 10.1. The smallest absolute Gasteiger partial charge is 0.241 e. The number of sulfonamides is 2. The second kappa shape index (κ2) is 11.5. The fourth-order valence-corrected chi connectivity index (χ4v) is 6.84. The molecule has 0 saturated carbocycles. The van der Waals surface area contributed by atoms with E-state index < -0.39 is 32.0 Å². The highest BCUT2D eigenvalue weighted by Crippen LogP contribution is 2.21. The number of amides is 1. The van der Waals surface area contributed by atoms with E-state index in [1.807, 2.05) is 24.3 Å². The molecule has 38 heavy (non-hydrogen) atoms. The Labute approximate surface area is 227 Å². The van der Waals surface area contributed by atoms with E-state index in [4.69, 9.17) is 5.41 Å². The van der Waals surface area contributed by atoms with Gasteiger partial charge in [-0.25, -0.2) is 16.8 Å². The van der Waals surface area contributed by atoms with Gasteiger partial charge in [0.05, 0.1) is 16.2 Å². The van der Waals surface area contributed by atoms with Gasteiger partial charge in [-0.2, -0.15) is 9.03 Å². The second-order valence-corrected chi connectivity index (χ2v) is 13.6. The summed E-state index contributed by atoms with van der Waals surface area (Å²) in [6.07, 6.45) is 3.01. The molecule has 0 unspecified atom stereocenters. The predicted molar refractivity (Wildman–Crippen MR) is 152 cm³/mol. The summed E-state index contributed by atoms with van der Waals surface area (Å²) in [6, 6.07) is 18.3. The molecule has 202 valence electrons. The Hall–Kier alpha value is -2.77. The number of carbonyl (C=O) groups excluding carboxylic acids is 1. The number of hydrogen-bond donors (Lipinski definition) is 2. The fraction of sp³-hybridized carbons (Fsp3) is 0.308. The lowest BCUT2D eigenvalue weighted by Crippen LogP contribution is -2.56. The van der Waals surface area contributed by atoms with Gasteiger partial charge in [0.15, 0.2) is 0 Å². The van der Waals surface area contributed by atoms with Crippen LogP contribution in [0.15, 0.2) is 71.6 Å². The van der Waals surface area contributed by atoms with Crippen molar-refractivity contribution in [3.63, 3.8) is 0 Å². The van der Waals surface area contributed by atoms with Crippen LogP contribution in [0.5, 0.6) is 0 Å². The van der Waals surface area contributed by atoms with Gasteiger partial charge in [0.2, 0.25) is 26.0 Å². The fourth-order valence-electron chi connectivity index (χ4n) is 4.42. The molecule has 0 bridgehead atoms. The number of piperazine rings is 1. The van der Waals surface area contributed by atoms with Crippen molar-refractivity contribution in [2.24, 2.45) is 0 Å². The van der Waals surface area contributed by atoms with Gasteiger partial charge in [-0.1, -0.05) is 48.5 Å². The molecule has 2 N–H and O–H groups in total. The summed E-state index contributed by atoms with van der Waals surface area (Å²) in [6.45, 7) is 0.624. The molecule has 1 fully saturated rings. The topological polar surface area (TPSA) is 128 Å². The Morgan fingerprint density at radius 2 is 1.63 bits per heavy atom. The van der Waals surface area contributed by atoms with Crippen molar-refractivity contribution >= 4 is 53.5 Å². The Kier molecular flexibility index (Phi) is 8.58. The largest absolute Gasteiger partial charge is 0.339 e. The lowest BCUT2D eigenvalue weighted by Gasteiger charge is -2.35. The number of nitrogens with one attached hydrogen (secondary N) is 2. The summed E-state index contributed by atoms with van der Waals surface area (Å²) in [4.78, 5) is 15.2. The first kappa shape index (κ1) is 28.2. The van der Waals surface area contributed by atoms with Crippen LogP contribution < -0.4 is 4.72 Å². The van der Waals surface area contributed by atoms with Crippen LogP contribution in [-0.4, -0.2) is 81.7 Å². The molecule has 1 aliphatic rings. The number of carbonyl (C=O) groups is 1. The van der Waals surface area contributed by atoms with Gasteiger partial charge in [0, 0.05) is 31.7 Å². The first-order valence-corrected chi connectivity index (χ1v) is 16.5. The molecule has 1 heterocycles. The zero-order valence-corrected chi connectivity index (χ0v) is 23.6. The van der Waals surface area contributed by atoms with E-state index in [0.717, 1.165) is 17.0 Å². The molecular weight excluding hydrogens is 545 g/mol. The third kappa shape index (κ3) is 6.62. The molecule has 1 saturated heterocycles. The number of fused-ring (bicyclic) bond motifs is 1. The monoisotopic (exact) mass is 574 g/mol. The number of rotatable bonds is 8. The first-order chi connectivity index (χ1) is 18.0. The van der Waals surface area contributed by atoms with Gasteiger partial charge in [0.1, 0.15) is 6.04 Å². The van der Waals surface area contributed by atoms with Crippen LogP contribution in [0.4, 0.5) is 0 Å². The van der Waals surface area contributed by atoms with Gasteiger partial charge in [-0.05, 0) is 47.2 Å². The van der Waals surface area contributed by atoms with Gasteiger partial charge in [-0.15, -0.1) is 11.8 Å². The molecule has 3 aromatic rings. The van der Waals surface area contributed by atoms with Gasteiger partial charge in [0.25, 0.3) is 0 Å². The van der Waals surface area contributed by atoms with E-state index in [-0.39, 0.29) is 37.5 Å². The molecule has 12 heteroatoms. The van der Waals surface area contributed by atoms with Crippen molar-refractivity contribution in [3.8, 4) is 0 Å². The highest BCUT2D eigenvalue weighted by molar-refractivity contribution is 8.13. The van der Waals surface area contributed by atoms with E-state index in [1.54, 1.807) is 42.7 Å². The second-order valence-electron chi connectivity index (χ2n) is 9.11. The molecule has 0 aromatic heterocycles. The lowest BCUT2D eigenvalue weighted by molar-refractivity contribution is -0.134. The summed E-state index contributed by atoms with van der Waals surface area (Å²) in [5.74, 6) is -0.423. The van der Waals surface area contributed by atoms with Crippen LogP contribution in [0.25, 0.3) is 10.8 Å². The lowest BCUT2D eigenvalue weighted by atomic mass is 10.0. The predicted octanol–water partition coefficient (Wildman–Crippen LogP) is 2.52. The molecule has 3 aromatic carbocycles. The SMILES string of the molecule is CSC(=N)c1cccc(C[C@@H](NS(=O)(=O)c2ccc3ccccc3c2)C(=O)N2CCN(S(C)(=O)=O)CC2)c1. The average molecular weight is 575 g/mol. The molecule has 9 nitrogen and oxygen atoms in total. The summed E-state index contributed by atoms with van der Waals surface area (Å²) in [7, 11) is -7.45. The van der Waals surface area contributed by atoms with E-state index in [2.05, 4.69) is 4.72 Å².